The molecule has 1 amide bonds. The van der Waals surface area contributed by atoms with Gasteiger partial charge >= 0.3 is 5.97 Å². The van der Waals surface area contributed by atoms with E-state index in [0.717, 1.165) is 75.1 Å². The highest BCUT2D eigenvalue weighted by Crippen LogP contribution is 2.35. The quantitative estimate of drug-likeness (QED) is 0.181. The summed E-state index contributed by atoms with van der Waals surface area (Å²) in [5.74, 6) is 1.16. The first-order chi connectivity index (χ1) is 17.0. The average Bonchev–Trinajstić information content (AvgIpc) is 3.69. The second kappa shape index (κ2) is 13.8. The maximum atomic E-state index is 12.3. The van der Waals surface area contributed by atoms with Crippen molar-refractivity contribution in [1.82, 2.24) is 14.8 Å². The minimum Gasteiger partial charge on any atom is -0.404 e. The number of pyridine rings is 1. The van der Waals surface area contributed by atoms with Crippen LogP contribution >= 0.6 is 0 Å². The lowest BCUT2D eigenvalue weighted by Gasteiger charge is -2.23. The van der Waals surface area contributed by atoms with Gasteiger partial charge in [0.1, 0.15) is 5.82 Å². The van der Waals surface area contributed by atoms with E-state index in [4.69, 9.17) is 15.6 Å². The fourth-order valence-corrected chi connectivity index (χ4v) is 4.09. The predicted molar refractivity (Wildman–Crippen MR) is 138 cm³/mol. The van der Waals surface area contributed by atoms with Crippen LogP contribution in [0.25, 0.3) is 0 Å². The SMILES string of the molecule is CN(C)C(=O)CN(CCCCc1ccc2c(n1)NCCC2)CCCC(=O)O/N=C/C(=C\N)C1CC1. The molecule has 0 radical (unpaired) electrons. The first kappa shape index (κ1) is 26.7. The highest BCUT2D eigenvalue weighted by atomic mass is 16.7. The molecule has 1 aliphatic heterocycles. The number of likely N-dealkylation sites (N-methyl/N-ethyl adjacent to an activating group) is 1. The number of aromatic nitrogens is 1. The molecule has 9 heteroatoms. The monoisotopic (exact) mass is 484 g/mol. The third-order valence-electron chi connectivity index (χ3n) is 6.42. The summed E-state index contributed by atoms with van der Waals surface area (Å²) in [7, 11) is 3.52. The highest BCUT2D eigenvalue weighted by Gasteiger charge is 2.24. The van der Waals surface area contributed by atoms with Crippen LogP contribution in [-0.2, 0) is 27.3 Å². The number of aryl methyl sites for hydroxylation is 2. The van der Waals surface area contributed by atoms with Crippen molar-refractivity contribution in [3.63, 3.8) is 0 Å². The van der Waals surface area contributed by atoms with Gasteiger partial charge in [-0.1, -0.05) is 11.2 Å². The van der Waals surface area contributed by atoms with Crippen LogP contribution < -0.4 is 11.1 Å². The maximum Gasteiger partial charge on any atom is 0.335 e. The first-order valence-corrected chi connectivity index (χ1v) is 12.8. The number of rotatable bonds is 14. The molecule has 0 atom stereocenters. The standard InChI is InChI=1S/C26H40N6O3/c1-31(2)24(33)19-32(16-6-9-25(34)35-29-18-22(17-27)20-10-11-20)15-4-3-8-23-13-12-21-7-5-14-28-26(21)30-23/h12-13,17-18,20H,3-11,14-16,19,27H2,1-2H3,(H,28,30)/b22-17+,29-18+. The molecule has 1 aliphatic carbocycles. The Bertz CT molecular complexity index is 910. The molecule has 2 aliphatic rings. The number of amides is 1. The van der Waals surface area contributed by atoms with E-state index in [1.54, 1.807) is 19.0 Å². The Morgan fingerprint density at radius 1 is 1.23 bits per heavy atom. The van der Waals surface area contributed by atoms with Crippen molar-refractivity contribution in [2.45, 2.75) is 57.8 Å². The smallest absolute Gasteiger partial charge is 0.335 e. The van der Waals surface area contributed by atoms with Crippen LogP contribution in [0.1, 0.15) is 56.2 Å². The number of oxime groups is 1. The number of fused-ring (bicyclic) bond motifs is 1. The summed E-state index contributed by atoms with van der Waals surface area (Å²) >= 11 is 0. The largest absolute Gasteiger partial charge is 0.404 e. The van der Waals surface area contributed by atoms with Crippen LogP contribution in [0.5, 0.6) is 0 Å². The molecular weight excluding hydrogens is 444 g/mol. The average molecular weight is 485 g/mol. The lowest BCUT2D eigenvalue weighted by molar-refractivity contribution is -0.143. The molecule has 1 fully saturated rings. The molecule has 0 spiro atoms. The molecule has 35 heavy (non-hydrogen) atoms. The number of hydrogen-bond donors (Lipinski definition) is 2. The van der Waals surface area contributed by atoms with Gasteiger partial charge in [-0.05, 0) is 93.8 Å². The van der Waals surface area contributed by atoms with Crippen molar-refractivity contribution in [2.75, 3.05) is 45.6 Å². The van der Waals surface area contributed by atoms with Crippen molar-refractivity contribution in [1.29, 1.82) is 0 Å². The van der Waals surface area contributed by atoms with Crippen LogP contribution in [0, 0.1) is 5.92 Å². The van der Waals surface area contributed by atoms with Gasteiger partial charge in [0.15, 0.2) is 0 Å². The molecule has 3 rings (SSSR count). The third kappa shape index (κ3) is 9.32. The summed E-state index contributed by atoms with van der Waals surface area (Å²) < 4.78 is 0. The summed E-state index contributed by atoms with van der Waals surface area (Å²) in [6.45, 7) is 2.77. The Labute approximate surface area is 208 Å². The second-order valence-corrected chi connectivity index (χ2v) is 9.60. The fraction of sp³-hybridized carbons (Fsp3) is 0.615. The van der Waals surface area contributed by atoms with E-state index >= 15 is 0 Å². The van der Waals surface area contributed by atoms with Crippen LogP contribution in [0.3, 0.4) is 0 Å². The lowest BCUT2D eigenvalue weighted by atomic mass is 10.1. The molecule has 3 N–H and O–H groups in total. The predicted octanol–water partition coefficient (Wildman–Crippen LogP) is 2.71. The number of carbonyl (C=O) groups excluding carboxylic acids is 2. The first-order valence-electron chi connectivity index (χ1n) is 12.8. The summed E-state index contributed by atoms with van der Waals surface area (Å²) in [4.78, 5) is 37.8. The number of nitrogens with one attached hydrogen (secondary N) is 1. The number of unbranched alkanes of at least 4 members (excludes halogenated alkanes) is 1. The van der Waals surface area contributed by atoms with E-state index < -0.39 is 0 Å². The van der Waals surface area contributed by atoms with Gasteiger partial charge in [-0.3, -0.25) is 9.69 Å². The molecule has 0 aromatic carbocycles. The molecule has 1 aromatic heterocycles. The summed E-state index contributed by atoms with van der Waals surface area (Å²) in [6, 6.07) is 4.32. The minimum absolute atomic E-state index is 0.0563. The zero-order chi connectivity index (χ0) is 25.0. The molecule has 1 saturated carbocycles. The highest BCUT2D eigenvalue weighted by molar-refractivity contribution is 5.80. The zero-order valence-electron chi connectivity index (χ0n) is 21.2. The molecule has 1 aromatic rings. The van der Waals surface area contributed by atoms with E-state index in [1.807, 2.05) is 0 Å². The van der Waals surface area contributed by atoms with Crippen LogP contribution in [-0.4, -0.2) is 73.1 Å². The Balaban J connectivity index is 1.39. The van der Waals surface area contributed by atoms with Crippen molar-refractivity contribution in [3.8, 4) is 0 Å². The molecular formula is C26H40N6O3. The van der Waals surface area contributed by atoms with Gasteiger partial charge in [0, 0.05) is 32.8 Å². The maximum absolute atomic E-state index is 12.3. The van der Waals surface area contributed by atoms with E-state index in [1.165, 1.54) is 18.0 Å². The molecule has 0 saturated heterocycles. The van der Waals surface area contributed by atoms with Crippen LogP contribution in [0.15, 0.2) is 29.1 Å². The lowest BCUT2D eigenvalue weighted by Crippen LogP contribution is -2.37. The van der Waals surface area contributed by atoms with E-state index in [0.29, 0.717) is 25.4 Å². The molecule has 0 bridgehead atoms. The van der Waals surface area contributed by atoms with Crippen molar-refractivity contribution in [2.24, 2.45) is 16.8 Å². The van der Waals surface area contributed by atoms with Crippen molar-refractivity contribution < 1.29 is 14.4 Å². The van der Waals surface area contributed by atoms with Gasteiger partial charge in [0.25, 0.3) is 0 Å². The number of nitrogens with zero attached hydrogens (tertiary/aromatic N) is 4. The van der Waals surface area contributed by atoms with Crippen LogP contribution in [0.4, 0.5) is 5.82 Å². The number of hydrogen-bond acceptors (Lipinski definition) is 8. The van der Waals surface area contributed by atoms with E-state index in [-0.39, 0.29) is 18.3 Å². The Kier molecular flexibility index (Phi) is 10.5. The Morgan fingerprint density at radius 3 is 2.77 bits per heavy atom. The second-order valence-electron chi connectivity index (χ2n) is 9.60. The molecule has 2 heterocycles. The summed E-state index contributed by atoms with van der Waals surface area (Å²) in [6.07, 6.45) is 11.2. The number of allylic oxidation sites excluding steroid dienone is 1. The minimum atomic E-state index is -0.376. The van der Waals surface area contributed by atoms with Gasteiger partial charge in [0.05, 0.1) is 12.8 Å². The Hall–Kier alpha value is -2.94. The molecule has 192 valence electrons. The van der Waals surface area contributed by atoms with Gasteiger partial charge in [-0.25, -0.2) is 9.78 Å². The third-order valence-corrected chi connectivity index (χ3v) is 6.42. The number of carbonyl (C=O) groups is 2. The van der Waals surface area contributed by atoms with Gasteiger partial charge in [0.2, 0.25) is 5.91 Å². The van der Waals surface area contributed by atoms with Crippen molar-refractivity contribution >= 4 is 23.9 Å². The molecule has 0 unspecified atom stereocenters. The number of nitrogens with two attached hydrogens (primary N) is 1. The molecule has 9 nitrogen and oxygen atoms in total. The van der Waals surface area contributed by atoms with E-state index in [2.05, 4.69) is 27.5 Å². The summed E-state index contributed by atoms with van der Waals surface area (Å²) in [5.41, 5.74) is 8.89. The van der Waals surface area contributed by atoms with Crippen LogP contribution in [0.2, 0.25) is 0 Å². The van der Waals surface area contributed by atoms with Gasteiger partial charge < -0.3 is 20.8 Å². The topological polar surface area (TPSA) is 113 Å². The Morgan fingerprint density at radius 2 is 2.03 bits per heavy atom. The van der Waals surface area contributed by atoms with Gasteiger partial charge in [-0.15, -0.1) is 0 Å². The zero-order valence-corrected chi connectivity index (χ0v) is 21.2. The van der Waals surface area contributed by atoms with Gasteiger partial charge in [-0.2, -0.15) is 0 Å². The normalized spacial score (nSPS) is 15.7. The fourth-order valence-electron chi connectivity index (χ4n) is 4.09. The number of anilines is 1. The summed E-state index contributed by atoms with van der Waals surface area (Å²) in [5, 5.41) is 7.17. The van der Waals surface area contributed by atoms with E-state index in [9.17, 15) is 9.59 Å². The van der Waals surface area contributed by atoms with Crippen molar-refractivity contribution in [3.05, 3.63) is 35.2 Å².